The number of ketones is 1. The molecular formula is C27H34N2O4. The molecule has 0 saturated carbocycles. The van der Waals surface area contributed by atoms with Crippen molar-refractivity contribution in [2.45, 2.75) is 33.2 Å². The molecule has 1 fully saturated rings. The predicted molar refractivity (Wildman–Crippen MR) is 130 cm³/mol. The highest BCUT2D eigenvalue weighted by atomic mass is 16.5. The van der Waals surface area contributed by atoms with Crippen LogP contribution in [-0.4, -0.2) is 60.4 Å². The highest BCUT2D eigenvalue weighted by Crippen LogP contribution is 2.39. The average Bonchev–Trinajstić information content (AvgIpc) is 3.03. The van der Waals surface area contributed by atoms with Crippen LogP contribution >= 0.6 is 0 Å². The van der Waals surface area contributed by atoms with Crippen LogP contribution in [0.2, 0.25) is 0 Å². The van der Waals surface area contributed by atoms with Gasteiger partial charge in [0.15, 0.2) is 0 Å². The van der Waals surface area contributed by atoms with Crippen LogP contribution in [0.3, 0.4) is 0 Å². The number of hydrogen-bond acceptors (Lipinski definition) is 5. The molecule has 0 radical (unpaired) electrons. The zero-order chi connectivity index (χ0) is 24.1. The summed E-state index contributed by atoms with van der Waals surface area (Å²) in [4.78, 5) is 29.7. The fraction of sp³-hybridized carbons (Fsp3) is 0.407. The van der Waals surface area contributed by atoms with Gasteiger partial charge in [-0.2, -0.15) is 0 Å². The van der Waals surface area contributed by atoms with Gasteiger partial charge in [-0.15, -0.1) is 0 Å². The molecule has 0 aliphatic carbocycles. The smallest absolute Gasteiger partial charge is 0.295 e. The largest absolute Gasteiger partial charge is 0.507 e. The second-order valence-corrected chi connectivity index (χ2v) is 9.29. The van der Waals surface area contributed by atoms with Gasteiger partial charge < -0.3 is 19.6 Å². The van der Waals surface area contributed by atoms with Crippen LogP contribution < -0.4 is 4.74 Å². The average molecular weight is 451 g/mol. The third kappa shape index (κ3) is 5.82. The molecule has 0 bridgehead atoms. The maximum Gasteiger partial charge on any atom is 0.295 e. The first-order valence-corrected chi connectivity index (χ1v) is 11.4. The first kappa shape index (κ1) is 24.5. The maximum absolute atomic E-state index is 13.1. The number of carbonyl (C=O) groups is 2. The molecule has 1 unspecified atom stereocenters. The number of rotatable bonds is 9. The number of Topliss-reactive ketones (excluding diaryl/α,β-unsaturated/α-hetero) is 1. The summed E-state index contributed by atoms with van der Waals surface area (Å²) in [6.07, 6.45) is 0.726. The van der Waals surface area contributed by atoms with Crippen LogP contribution in [-0.2, 0) is 9.59 Å². The normalized spacial score (nSPS) is 17.9. The Hall–Kier alpha value is -3.12. The molecule has 1 amide bonds. The minimum Gasteiger partial charge on any atom is -0.507 e. The lowest BCUT2D eigenvalue weighted by atomic mass is 9.94. The van der Waals surface area contributed by atoms with Gasteiger partial charge in [-0.3, -0.25) is 9.59 Å². The molecule has 2 aromatic rings. The van der Waals surface area contributed by atoms with Crippen molar-refractivity contribution in [1.29, 1.82) is 0 Å². The second kappa shape index (κ2) is 10.7. The molecular weight excluding hydrogens is 416 g/mol. The summed E-state index contributed by atoms with van der Waals surface area (Å²) in [6.45, 7) is 7.95. The SMILES string of the molecule is Cc1ccc(C2C(=C(O)c3ccc(OCC(C)C)cc3)C(=O)C(=O)N2CCCN(C)C)cc1. The number of likely N-dealkylation sites (tertiary alicyclic amines) is 1. The number of nitrogens with zero attached hydrogens (tertiary/aromatic N) is 2. The molecule has 0 aromatic heterocycles. The van der Waals surface area contributed by atoms with Crippen molar-refractivity contribution in [1.82, 2.24) is 9.80 Å². The van der Waals surface area contributed by atoms with E-state index in [4.69, 9.17) is 4.74 Å². The summed E-state index contributed by atoms with van der Waals surface area (Å²) in [6, 6.07) is 14.1. The van der Waals surface area contributed by atoms with Crippen molar-refractivity contribution >= 4 is 17.4 Å². The number of amides is 1. The predicted octanol–water partition coefficient (Wildman–Crippen LogP) is 4.40. The number of hydrogen-bond donors (Lipinski definition) is 1. The van der Waals surface area contributed by atoms with E-state index < -0.39 is 17.7 Å². The van der Waals surface area contributed by atoms with Crippen molar-refractivity contribution < 1.29 is 19.4 Å². The number of benzene rings is 2. The van der Waals surface area contributed by atoms with Crippen molar-refractivity contribution in [3.8, 4) is 5.75 Å². The highest BCUT2D eigenvalue weighted by molar-refractivity contribution is 6.46. The lowest BCUT2D eigenvalue weighted by Gasteiger charge is -2.26. The summed E-state index contributed by atoms with van der Waals surface area (Å²) >= 11 is 0. The minimum absolute atomic E-state index is 0.129. The van der Waals surface area contributed by atoms with E-state index in [9.17, 15) is 14.7 Å². The Bertz CT molecular complexity index is 1010. The fourth-order valence-corrected chi connectivity index (χ4v) is 3.89. The van der Waals surface area contributed by atoms with Gasteiger partial charge >= 0.3 is 0 Å². The first-order chi connectivity index (χ1) is 15.7. The zero-order valence-electron chi connectivity index (χ0n) is 20.2. The first-order valence-electron chi connectivity index (χ1n) is 11.4. The van der Waals surface area contributed by atoms with E-state index in [1.54, 1.807) is 29.2 Å². The number of aliphatic hydroxyl groups excluding tert-OH is 1. The van der Waals surface area contributed by atoms with E-state index in [0.29, 0.717) is 30.4 Å². The monoisotopic (exact) mass is 450 g/mol. The standard InChI is InChI=1S/C27H34N2O4/c1-18(2)17-33-22-13-11-21(12-14-22)25(30)23-24(20-9-7-19(3)8-10-20)29(27(32)26(23)31)16-6-15-28(4)5/h7-14,18,24,30H,6,15-17H2,1-5H3. The number of carbonyl (C=O) groups excluding carboxylic acids is 2. The van der Waals surface area contributed by atoms with E-state index in [1.165, 1.54) is 0 Å². The van der Waals surface area contributed by atoms with Crippen LogP contribution in [0, 0.1) is 12.8 Å². The molecule has 1 aliphatic heterocycles. The second-order valence-electron chi connectivity index (χ2n) is 9.29. The maximum atomic E-state index is 13.1. The molecule has 0 spiro atoms. The topological polar surface area (TPSA) is 70.1 Å². The molecule has 2 aromatic carbocycles. The van der Waals surface area contributed by atoms with E-state index in [-0.39, 0.29) is 11.3 Å². The van der Waals surface area contributed by atoms with Crippen LogP contribution in [0.4, 0.5) is 0 Å². The highest BCUT2D eigenvalue weighted by Gasteiger charge is 2.45. The van der Waals surface area contributed by atoms with Crippen molar-refractivity contribution in [2.24, 2.45) is 5.92 Å². The summed E-state index contributed by atoms with van der Waals surface area (Å²) in [5.74, 6) is -0.291. The molecule has 1 aliphatic rings. The minimum atomic E-state index is -0.650. The van der Waals surface area contributed by atoms with Gasteiger partial charge in [-0.25, -0.2) is 0 Å². The van der Waals surface area contributed by atoms with Gasteiger partial charge in [0.2, 0.25) is 0 Å². The Labute approximate surface area is 196 Å². The Kier molecular flexibility index (Phi) is 7.92. The van der Waals surface area contributed by atoms with E-state index in [0.717, 1.165) is 24.1 Å². The molecule has 1 atom stereocenters. The molecule has 1 saturated heterocycles. The molecule has 1 heterocycles. The lowest BCUT2D eigenvalue weighted by Crippen LogP contribution is -2.32. The molecule has 6 heteroatoms. The Morgan fingerprint density at radius 1 is 1.06 bits per heavy atom. The van der Waals surface area contributed by atoms with Gasteiger partial charge in [0.1, 0.15) is 11.5 Å². The molecule has 6 nitrogen and oxygen atoms in total. The molecule has 33 heavy (non-hydrogen) atoms. The van der Waals surface area contributed by atoms with Gasteiger partial charge in [-0.05, 0) is 69.7 Å². The lowest BCUT2D eigenvalue weighted by molar-refractivity contribution is -0.139. The fourth-order valence-electron chi connectivity index (χ4n) is 3.89. The zero-order valence-corrected chi connectivity index (χ0v) is 20.2. The Balaban J connectivity index is 1.99. The molecule has 3 rings (SSSR count). The number of aryl methyl sites for hydroxylation is 1. The van der Waals surface area contributed by atoms with E-state index >= 15 is 0 Å². The molecule has 1 N–H and O–H groups in total. The number of aliphatic hydroxyl groups is 1. The van der Waals surface area contributed by atoms with E-state index in [1.807, 2.05) is 50.2 Å². The van der Waals surface area contributed by atoms with Crippen LogP contribution in [0.1, 0.15) is 43.0 Å². The summed E-state index contributed by atoms with van der Waals surface area (Å²) < 4.78 is 5.72. The van der Waals surface area contributed by atoms with Crippen molar-refractivity contribution in [3.05, 3.63) is 70.8 Å². The number of ether oxygens (including phenoxy) is 1. The summed E-state index contributed by atoms with van der Waals surface area (Å²) in [7, 11) is 3.94. The third-order valence-electron chi connectivity index (χ3n) is 5.65. The van der Waals surface area contributed by atoms with Gasteiger partial charge in [0, 0.05) is 12.1 Å². The van der Waals surface area contributed by atoms with Gasteiger partial charge in [0.05, 0.1) is 18.2 Å². The van der Waals surface area contributed by atoms with Gasteiger partial charge in [0.25, 0.3) is 11.7 Å². The Morgan fingerprint density at radius 2 is 1.70 bits per heavy atom. The van der Waals surface area contributed by atoms with Crippen molar-refractivity contribution in [2.75, 3.05) is 33.8 Å². The quantitative estimate of drug-likeness (QED) is 0.348. The van der Waals surface area contributed by atoms with E-state index in [2.05, 4.69) is 13.8 Å². The van der Waals surface area contributed by atoms with Crippen LogP contribution in [0.15, 0.2) is 54.1 Å². The Morgan fingerprint density at radius 3 is 2.27 bits per heavy atom. The van der Waals surface area contributed by atoms with Crippen LogP contribution in [0.25, 0.3) is 5.76 Å². The van der Waals surface area contributed by atoms with Crippen LogP contribution in [0.5, 0.6) is 5.75 Å². The molecule has 176 valence electrons. The third-order valence-corrected chi connectivity index (χ3v) is 5.65. The summed E-state index contributed by atoms with van der Waals surface area (Å²) in [5, 5.41) is 11.2. The summed E-state index contributed by atoms with van der Waals surface area (Å²) in [5.41, 5.74) is 2.50. The van der Waals surface area contributed by atoms with Gasteiger partial charge in [-0.1, -0.05) is 43.7 Å². The van der Waals surface area contributed by atoms with Crippen molar-refractivity contribution in [3.63, 3.8) is 0 Å².